The first-order valence-corrected chi connectivity index (χ1v) is 5.04. The van der Waals surface area contributed by atoms with Crippen molar-refractivity contribution in [3.05, 3.63) is 0 Å². The Morgan fingerprint density at radius 2 is 2.21 bits per heavy atom. The zero-order chi connectivity index (χ0) is 10.6. The molecule has 0 aromatic carbocycles. The molecule has 0 saturated heterocycles. The van der Waals surface area contributed by atoms with Gasteiger partial charge in [0.05, 0.1) is 12.0 Å². The minimum atomic E-state index is -0.1000. The molecule has 4 nitrogen and oxygen atoms in total. The standard InChI is InChI=1S/C10H20N2O2/c1-11-9(13)10(4-5-10)8-12(2)6-7-14-3/h4-8H2,1-3H3,(H,11,13). The van der Waals surface area contributed by atoms with Crippen LogP contribution in [0.2, 0.25) is 0 Å². The zero-order valence-corrected chi connectivity index (χ0v) is 9.30. The molecule has 1 rings (SSSR count). The van der Waals surface area contributed by atoms with Crippen LogP contribution in [-0.4, -0.2) is 51.7 Å². The monoisotopic (exact) mass is 200 g/mol. The third kappa shape index (κ3) is 2.69. The van der Waals surface area contributed by atoms with Gasteiger partial charge in [-0.1, -0.05) is 0 Å². The van der Waals surface area contributed by atoms with Gasteiger partial charge in [0, 0.05) is 27.2 Å². The molecule has 14 heavy (non-hydrogen) atoms. The van der Waals surface area contributed by atoms with Crippen LogP contribution >= 0.6 is 0 Å². The Morgan fingerprint density at radius 3 is 2.64 bits per heavy atom. The van der Waals surface area contributed by atoms with E-state index in [0.717, 1.165) is 32.5 Å². The molecule has 0 aliphatic heterocycles. The summed E-state index contributed by atoms with van der Waals surface area (Å²) in [6.07, 6.45) is 2.04. The lowest BCUT2D eigenvalue weighted by Crippen LogP contribution is -2.38. The van der Waals surface area contributed by atoms with E-state index in [4.69, 9.17) is 4.74 Å². The summed E-state index contributed by atoms with van der Waals surface area (Å²) in [5.41, 5.74) is -0.1000. The molecule has 0 aromatic heterocycles. The Morgan fingerprint density at radius 1 is 1.57 bits per heavy atom. The number of nitrogens with zero attached hydrogens (tertiary/aromatic N) is 1. The molecule has 0 bridgehead atoms. The maximum atomic E-state index is 11.5. The number of amides is 1. The molecular formula is C10H20N2O2. The van der Waals surface area contributed by atoms with Crippen LogP contribution in [-0.2, 0) is 9.53 Å². The van der Waals surface area contributed by atoms with E-state index in [-0.39, 0.29) is 11.3 Å². The molecule has 4 heteroatoms. The van der Waals surface area contributed by atoms with E-state index >= 15 is 0 Å². The van der Waals surface area contributed by atoms with Gasteiger partial charge in [0.1, 0.15) is 0 Å². The lowest BCUT2D eigenvalue weighted by atomic mass is 10.1. The maximum Gasteiger partial charge on any atom is 0.227 e. The Labute approximate surface area is 85.6 Å². The van der Waals surface area contributed by atoms with Crippen LogP contribution in [0.5, 0.6) is 0 Å². The molecule has 0 heterocycles. The van der Waals surface area contributed by atoms with Gasteiger partial charge in [-0.3, -0.25) is 4.79 Å². The first-order valence-electron chi connectivity index (χ1n) is 5.04. The fraction of sp³-hybridized carbons (Fsp3) is 0.900. The molecule has 1 saturated carbocycles. The first-order chi connectivity index (χ1) is 6.64. The summed E-state index contributed by atoms with van der Waals surface area (Å²) in [5, 5.41) is 2.73. The van der Waals surface area contributed by atoms with Gasteiger partial charge in [0.25, 0.3) is 0 Å². The number of nitrogens with one attached hydrogen (secondary N) is 1. The number of ether oxygens (including phenoxy) is 1. The summed E-state index contributed by atoms with van der Waals surface area (Å²) in [7, 11) is 5.43. The van der Waals surface area contributed by atoms with Crippen molar-refractivity contribution in [2.75, 3.05) is 40.9 Å². The second-order valence-corrected chi connectivity index (χ2v) is 4.09. The van der Waals surface area contributed by atoms with Gasteiger partial charge in [-0.25, -0.2) is 0 Å². The maximum absolute atomic E-state index is 11.5. The third-order valence-electron chi connectivity index (χ3n) is 2.81. The minimum Gasteiger partial charge on any atom is -0.383 e. The van der Waals surface area contributed by atoms with Crippen LogP contribution in [0.15, 0.2) is 0 Å². The first kappa shape index (κ1) is 11.5. The number of hydrogen-bond acceptors (Lipinski definition) is 3. The Bertz CT molecular complexity index is 202. The summed E-state index contributed by atoms with van der Waals surface area (Å²) < 4.78 is 4.99. The molecule has 1 fully saturated rings. The lowest BCUT2D eigenvalue weighted by Gasteiger charge is -2.22. The van der Waals surface area contributed by atoms with E-state index in [9.17, 15) is 4.79 Å². The topological polar surface area (TPSA) is 41.6 Å². The largest absolute Gasteiger partial charge is 0.383 e. The van der Waals surface area contributed by atoms with Crippen molar-refractivity contribution in [2.45, 2.75) is 12.8 Å². The molecule has 0 unspecified atom stereocenters. The van der Waals surface area contributed by atoms with Crippen molar-refractivity contribution in [3.8, 4) is 0 Å². The summed E-state index contributed by atoms with van der Waals surface area (Å²) in [4.78, 5) is 13.7. The molecule has 1 N–H and O–H groups in total. The van der Waals surface area contributed by atoms with Crippen molar-refractivity contribution < 1.29 is 9.53 Å². The average molecular weight is 200 g/mol. The van der Waals surface area contributed by atoms with E-state index in [1.807, 2.05) is 7.05 Å². The van der Waals surface area contributed by atoms with Gasteiger partial charge < -0.3 is 15.0 Å². The Balaban J connectivity index is 2.32. The second kappa shape index (κ2) is 4.75. The molecule has 1 aliphatic carbocycles. The van der Waals surface area contributed by atoms with Gasteiger partial charge in [-0.2, -0.15) is 0 Å². The second-order valence-electron chi connectivity index (χ2n) is 4.09. The molecular weight excluding hydrogens is 180 g/mol. The van der Waals surface area contributed by atoms with Gasteiger partial charge in [-0.15, -0.1) is 0 Å². The van der Waals surface area contributed by atoms with E-state index in [0.29, 0.717) is 0 Å². The molecule has 1 aliphatic rings. The highest BCUT2D eigenvalue weighted by Crippen LogP contribution is 2.46. The van der Waals surface area contributed by atoms with Gasteiger partial charge >= 0.3 is 0 Å². The van der Waals surface area contributed by atoms with E-state index < -0.39 is 0 Å². The molecule has 1 amide bonds. The third-order valence-corrected chi connectivity index (χ3v) is 2.81. The number of likely N-dealkylation sites (N-methyl/N-ethyl adjacent to an activating group) is 1. The number of hydrogen-bond donors (Lipinski definition) is 1. The number of methoxy groups -OCH3 is 1. The molecule has 0 spiro atoms. The minimum absolute atomic E-state index is 0.1000. The van der Waals surface area contributed by atoms with Gasteiger partial charge in [-0.05, 0) is 19.9 Å². The van der Waals surface area contributed by atoms with Crippen molar-refractivity contribution in [1.29, 1.82) is 0 Å². The quantitative estimate of drug-likeness (QED) is 0.661. The predicted molar refractivity (Wildman–Crippen MR) is 55.1 cm³/mol. The van der Waals surface area contributed by atoms with Crippen molar-refractivity contribution >= 4 is 5.91 Å². The fourth-order valence-electron chi connectivity index (χ4n) is 1.72. The lowest BCUT2D eigenvalue weighted by molar-refractivity contribution is -0.126. The van der Waals surface area contributed by atoms with E-state index in [1.165, 1.54) is 0 Å². The van der Waals surface area contributed by atoms with E-state index in [1.54, 1.807) is 14.2 Å². The number of carbonyl (C=O) groups is 1. The van der Waals surface area contributed by atoms with Crippen LogP contribution in [0, 0.1) is 5.41 Å². The Kier molecular flexibility index (Phi) is 3.89. The summed E-state index contributed by atoms with van der Waals surface area (Å²) in [6.45, 7) is 2.45. The zero-order valence-electron chi connectivity index (χ0n) is 9.30. The predicted octanol–water partition coefficient (Wildman–Crippen LogP) is 0.0908. The van der Waals surface area contributed by atoms with Crippen LogP contribution in [0.1, 0.15) is 12.8 Å². The molecule has 0 aromatic rings. The van der Waals surface area contributed by atoms with Gasteiger partial charge in [0.2, 0.25) is 5.91 Å². The normalized spacial score (nSPS) is 18.3. The molecule has 0 radical (unpaired) electrons. The van der Waals surface area contributed by atoms with Gasteiger partial charge in [0.15, 0.2) is 0 Å². The van der Waals surface area contributed by atoms with Crippen molar-refractivity contribution in [2.24, 2.45) is 5.41 Å². The van der Waals surface area contributed by atoms with Crippen LogP contribution in [0.3, 0.4) is 0 Å². The van der Waals surface area contributed by atoms with Crippen molar-refractivity contribution in [1.82, 2.24) is 10.2 Å². The summed E-state index contributed by atoms with van der Waals surface area (Å²) >= 11 is 0. The SMILES string of the molecule is CNC(=O)C1(CN(C)CCOC)CC1. The summed E-state index contributed by atoms with van der Waals surface area (Å²) in [5.74, 6) is 0.182. The molecule has 0 atom stereocenters. The number of carbonyl (C=O) groups excluding carboxylic acids is 1. The Hall–Kier alpha value is -0.610. The van der Waals surface area contributed by atoms with E-state index in [2.05, 4.69) is 10.2 Å². The average Bonchev–Trinajstić information content (AvgIpc) is 2.94. The molecule has 82 valence electrons. The summed E-state index contributed by atoms with van der Waals surface area (Å²) in [6, 6.07) is 0. The smallest absolute Gasteiger partial charge is 0.227 e. The van der Waals surface area contributed by atoms with Crippen LogP contribution in [0.4, 0.5) is 0 Å². The van der Waals surface area contributed by atoms with Crippen LogP contribution < -0.4 is 5.32 Å². The van der Waals surface area contributed by atoms with Crippen molar-refractivity contribution in [3.63, 3.8) is 0 Å². The number of rotatable bonds is 6. The highest BCUT2D eigenvalue weighted by Gasteiger charge is 2.49. The highest BCUT2D eigenvalue weighted by molar-refractivity contribution is 5.85. The van der Waals surface area contributed by atoms with Crippen LogP contribution in [0.25, 0.3) is 0 Å². The fourth-order valence-corrected chi connectivity index (χ4v) is 1.72. The highest BCUT2D eigenvalue weighted by atomic mass is 16.5.